The maximum Gasteiger partial charge on any atom is 0.0706 e. The summed E-state index contributed by atoms with van der Waals surface area (Å²) < 4.78 is 6.18. The van der Waals surface area contributed by atoms with E-state index in [2.05, 4.69) is 12.2 Å². The van der Waals surface area contributed by atoms with Gasteiger partial charge in [0.25, 0.3) is 0 Å². The van der Waals surface area contributed by atoms with Crippen LogP contribution in [0.5, 0.6) is 0 Å². The van der Waals surface area contributed by atoms with Crippen LogP contribution >= 0.6 is 0 Å². The number of rotatable bonds is 3. The average molecular weight is 183 g/mol. The van der Waals surface area contributed by atoms with Crippen molar-refractivity contribution in [3.63, 3.8) is 0 Å². The first-order valence-corrected chi connectivity index (χ1v) is 5.57. The Kier molecular flexibility index (Phi) is 2.61. The van der Waals surface area contributed by atoms with E-state index in [0.717, 1.165) is 12.5 Å². The second-order valence-electron chi connectivity index (χ2n) is 4.78. The van der Waals surface area contributed by atoms with Crippen molar-refractivity contribution >= 4 is 0 Å². The van der Waals surface area contributed by atoms with Gasteiger partial charge in [0.2, 0.25) is 0 Å². The Morgan fingerprint density at radius 2 is 2.15 bits per heavy atom. The van der Waals surface area contributed by atoms with Crippen molar-refractivity contribution in [2.45, 2.75) is 50.7 Å². The van der Waals surface area contributed by atoms with Gasteiger partial charge >= 0.3 is 0 Å². The Morgan fingerprint density at radius 1 is 1.38 bits per heavy atom. The number of nitrogens with one attached hydrogen (secondary N) is 1. The minimum atomic E-state index is 0.222. The highest BCUT2D eigenvalue weighted by Gasteiger charge is 2.45. The van der Waals surface area contributed by atoms with Gasteiger partial charge in [0.1, 0.15) is 0 Å². The van der Waals surface area contributed by atoms with Gasteiger partial charge in [0, 0.05) is 6.54 Å². The molecule has 0 aromatic carbocycles. The molecule has 1 aliphatic heterocycles. The van der Waals surface area contributed by atoms with Gasteiger partial charge in [0.05, 0.1) is 11.7 Å². The highest BCUT2D eigenvalue weighted by atomic mass is 16.5. The molecule has 1 heterocycles. The Hall–Kier alpha value is -0.0800. The van der Waals surface area contributed by atoms with Crippen LogP contribution in [0.3, 0.4) is 0 Å². The van der Waals surface area contributed by atoms with Crippen molar-refractivity contribution in [2.75, 3.05) is 13.6 Å². The molecule has 2 unspecified atom stereocenters. The summed E-state index contributed by atoms with van der Waals surface area (Å²) in [6, 6.07) is 0. The van der Waals surface area contributed by atoms with Crippen molar-refractivity contribution in [3.8, 4) is 0 Å². The molecule has 0 amide bonds. The maximum atomic E-state index is 6.18. The number of likely N-dealkylation sites (N-methyl/N-ethyl adjacent to an activating group) is 1. The zero-order chi connectivity index (χ0) is 9.31. The van der Waals surface area contributed by atoms with Gasteiger partial charge in [-0.15, -0.1) is 0 Å². The van der Waals surface area contributed by atoms with Gasteiger partial charge in [-0.25, -0.2) is 0 Å². The van der Waals surface area contributed by atoms with Crippen molar-refractivity contribution < 1.29 is 4.74 Å². The maximum absolute atomic E-state index is 6.18. The van der Waals surface area contributed by atoms with E-state index in [-0.39, 0.29) is 5.60 Å². The summed E-state index contributed by atoms with van der Waals surface area (Å²) in [7, 11) is 2.01. The fourth-order valence-electron chi connectivity index (χ4n) is 2.55. The summed E-state index contributed by atoms with van der Waals surface area (Å²) in [5, 5.41) is 3.21. The lowest BCUT2D eigenvalue weighted by Crippen LogP contribution is -2.43. The molecule has 0 spiro atoms. The molecule has 2 nitrogen and oxygen atoms in total. The minimum absolute atomic E-state index is 0.222. The molecular weight excluding hydrogens is 162 g/mol. The molecule has 2 rings (SSSR count). The predicted molar refractivity (Wildman–Crippen MR) is 53.8 cm³/mol. The van der Waals surface area contributed by atoms with Gasteiger partial charge in [-0.2, -0.15) is 0 Å². The average Bonchev–Trinajstić information content (AvgIpc) is 2.86. The normalized spacial score (nSPS) is 40.6. The van der Waals surface area contributed by atoms with E-state index in [0.29, 0.717) is 6.10 Å². The third-order valence-corrected chi connectivity index (χ3v) is 3.51. The van der Waals surface area contributed by atoms with Crippen LogP contribution < -0.4 is 5.32 Å². The number of hydrogen-bond acceptors (Lipinski definition) is 2. The molecule has 13 heavy (non-hydrogen) atoms. The fourth-order valence-corrected chi connectivity index (χ4v) is 2.55. The van der Waals surface area contributed by atoms with E-state index in [1.807, 2.05) is 7.05 Å². The van der Waals surface area contributed by atoms with Crippen molar-refractivity contribution in [1.82, 2.24) is 5.32 Å². The van der Waals surface area contributed by atoms with Gasteiger partial charge in [-0.1, -0.05) is 0 Å². The molecule has 0 radical (unpaired) electrons. The van der Waals surface area contributed by atoms with Gasteiger partial charge < -0.3 is 10.1 Å². The van der Waals surface area contributed by atoms with E-state index in [9.17, 15) is 0 Å². The second kappa shape index (κ2) is 3.58. The Morgan fingerprint density at radius 3 is 2.77 bits per heavy atom. The number of hydrogen-bond donors (Lipinski definition) is 1. The molecule has 2 atom stereocenters. The summed E-state index contributed by atoms with van der Waals surface area (Å²) in [4.78, 5) is 0. The fraction of sp³-hybridized carbons (Fsp3) is 1.00. The first-order chi connectivity index (χ1) is 6.24. The van der Waals surface area contributed by atoms with Crippen LogP contribution in [0.1, 0.15) is 39.0 Å². The Balaban J connectivity index is 1.90. The van der Waals surface area contributed by atoms with Crippen LogP contribution in [0.2, 0.25) is 0 Å². The van der Waals surface area contributed by atoms with Crippen LogP contribution in [0, 0.1) is 5.92 Å². The molecule has 0 aromatic rings. The molecule has 1 aliphatic carbocycles. The smallest absolute Gasteiger partial charge is 0.0706 e. The third-order valence-electron chi connectivity index (χ3n) is 3.51. The zero-order valence-corrected chi connectivity index (χ0v) is 8.81. The third kappa shape index (κ3) is 2.05. The lowest BCUT2D eigenvalue weighted by Gasteiger charge is -2.39. The van der Waals surface area contributed by atoms with Gasteiger partial charge in [-0.3, -0.25) is 0 Å². The summed E-state index contributed by atoms with van der Waals surface area (Å²) >= 11 is 0. The molecular formula is C11H21NO. The van der Waals surface area contributed by atoms with Gasteiger partial charge in [0.15, 0.2) is 0 Å². The van der Waals surface area contributed by atoms with E-state index in [1.54, 1.807) is 0 Å². The summed E-state index contributed by atoms with van der Waals surface area (Å²) in [6.45, 7) is 3.33. The predicted octanol–water partition coefficient (Wildman–Crippen LogP) is 1.94. The lowest BCUT2D eigenvalue weighted by molar-refractivity contribution is -0.127. The van der Waals surface area contributed by atoms with Gasteiger partial charge in [-0.05, 0) is 52.0 Å². The summed E-state index contributed by atoms with van der Waals surface area (Å²) in [6.07, 6.45) is 7.11. The van der Waals surface area contributed by atoms with Crippen molar-refractivity contribution in [2.24, 2.45) is 5.92 Å². The lowest BCUT2D eigenvalue weighted by atomic mass is 9.89. The summed E-state index contributed by atoms with van der Waals surface area (Å²) in [5.74, 6) is 0.868. The van der Waals surface area contributed by atoms with Crippen LogP contribution in [0.15, 0.2) is 0 Å². The molecule has 1 saturated carbocycles. The highest BCUT2D eigenvalue weighted by Crippen LogP contribution is 2.47. The Labute approximate surface area is 81.0 Å². The SMILES string of the molecule is CNCC1CCCC(C)(C2CC2)O1. The minimum Gasteiger partial charge on any atom is -0.370 e. The standard InChI is InChI=1S/C11H21NO/c1-11(9-5-6-9)7-3-4-10(13-11)8-12-2/h9-10,12H,3-8H2,1-2H3. The zero-order valence-electron chi connectivity index (χ0n) is 8.81. The monoisotopic (exact) mass is 183 g/mol. The first-order valence-electron chi connectivity index (χ1n) is 5.57. The first kappa shape index (κ1) is 9.47. The molecule has 0 bridgehead atoms. The topological polar surface area (TPSA) is 21.3 Å². The molecule has 2 heteroatoms. The van der Waals surface area contributed by atoms with Crippen LogP contribution in [0.25, 0.3) is 0 Å². The molecule has 1 saturated heterocycles. The van der Waals surface area contributed by atoms with E-state index >= 15 is 0 Å². The van der Waals surface area contributed by atoms with Crippen LogP contribution in [-0.2, 0) is 4.74 Å². The van der Waals surface area contributed by atoms with Crippen molar-refractivity contribution in [1.29, 1.82) is 0 Å². The summed E-state index contributed by atoms with van der Waals surface area (Å²) in [5.41, 5.74) is 0.222. The van der Waals surface area contributed by atoms with Crippen LogP contribution in [-0.4, -0.2) is 25.3 Å². The molecule has 0 aromatic heterocycles. The Bertz CT molecular complexity index is 177. The molecule has 2 fully saturated rings. The second-order valence-corrected chi connectivity index (χ2v) is 4.78. The largest absolute Gasteiger partial charge is 0.370 e. The highest BCUT2D eigenvalue weighted by molar-refractivity contribution is 4.95. The molecule has 1 N–H and O–H groups in total. The van der Waals surface area contributed by atoms with Crippen LogP contribution in [0.4, 0.5) is 0 Å². The van der Waals surface area contributed by atoms with Crippen molar-refractivity contribution in [3.05, 3.63) is 0 Å². The molecule has 2 aliphatic rings. The van der Waals surface area contributed by atoms with E-state index in [1.165, 1.54) is 32.1 Å². The molecule has 76 valence electrons. The quantitative estimate of drug-likeness (QED) is 0.722. The van der Waals surface area contributed by atoms with E-state index in [4.69, 9.17) is 4.74 Å². The van der Waals surface area contributed by atoms with E-state index < -0.39 is 0 Å². The number of ether oxygens (including phenoxy) is 1.